The van der Waals surface area contributed by atoms with E-state index >= 15 is 0 Å². The van der Waals surface area contributed by atoms with E-state index in [-0.39, 0.29) is 17.3 Å². The molecule has 0 saturated heterocycles. The summed E-state index contributed by atoms with van der Waals surface area (Å²) in [7, 11) is 0. The summed E-state index contributed by atoms with van der Waals surface area (Å²) in [6, 6.07) is 0. The second kappa shape index (κ2) is 2.01. The van der Waals surface area contributed by atoms with Crippen molar-refractivity contribution in [3.8, 4) is 0 Å². The molecule has 1 fully saturated rings. The van der Waals surface area contributed by atoms with Crippen LogP contribution in [-0.2, 0) is 14.4 Å². The molecule has 54 valence electrons. The van der Waals surface area contributed by atoms with Crippen LogP contribution in [0.1, 0.15) is 13.8 Å². The van der Waals surface area contributed by atoms with Crippen LogP contribution in [-0.4, -0.2) is 17.3 Å². The van der Waals surface area contributed by atoms with E-state index in [1.165, 1.54) is 13.8 Å². The van der Waals surface area contributed by atoms with Crippen molar-refractivity contribution >= 4 is 17.3 Å². The molecule has 0 N–H and O–H groups in total. The first kappa shape index (κ1) is 7.12. The molecule has 10 heavy (non-hydrogen) atoms. The highest BCUT2D eigenvalue weighted by atomic mass is 16.2. The molecule has 1 saturated carbocycles. The van der Waals surface area contributed by atoms with Gasteiger partial charge in [-0.25, -0.2) is 0 Å². The molecule has 2 atom stereocenters. The van der Waals surface area contributed by atoms with Gasteiger partial charge in [0.2, 0.25) is 0 Å². The minimum absolute atomic E-state index is 0.190. The van der Waals surface area contributed by atoms with Gasteiger partial charge in [0, 0.05) is 0 Å². The van der Waals surface area contributed by atoms with Crippen LogP contribution in [0.4, 0.5) is 0 Å². The maximum Gasteiger partial charge on any atom is 0.156 e. The van der Waals surface area contributed by atoms with Crippen LogP contribution in [0.25, 0.3) is 0 Å². The van der Waals surface area contributed by atoms with Gasteiger partial charge in [0.1, 0.15) is 11.6 Å². The van der Waals surface area contributed by atoms with E-state index < -0.39 is 11.8 Å². The molecular formula is C7H8O3. The van der Waals surface area contributed by atoms with Crippen molar-refractivity contribution in [2.75, 3.05) is 0 Å². The van der Waals surface area contributed by atoms with Gasteiger partial charge in [-0.1, -0.05) is 0 Å². The molecular weight excluding hydrogens is 132 g/mol. The first-order chi connectivity index (χ1) is 4.55. The van der Waals surface area contributed by atoms with Crippen LogP contribution in [0.5, 0.6) is 0 Å². The summed E-state index contributed by atoms with van der Waals surface area (Å²) < 4.78 is 0. The lowest BCUT2D eigenvalue weighted by Gasteiger charge is -1.82. The fourth-order valence-electron chi connectivity index (χ4n) is 1.11. The van der Waals surface area contributed by atoms with Gasteiger partial charge >= 0.3 is 0 Å². The van der Waals surface area contributed by atoms with Crippen LogP contribution >= 0.6 is 0 Å². The highest BCUT2D eigenvalue weighted by Crippen LogP contribution is 2.34. The van der Waals surface area contributed by atoms with Gasteiger partial charge in [-0.2, -0.15) is 0 Å². The second-order valence-electron chi connectivity index (χ2n) is 2.58. The van der Waals surface area contributed by atoms with Crippen LogP contribution in [0, 0.1) is 11.8 Å². The maximum absolute atomic E-state index is 10.7. The van der Waals surface area contributed by atoms with Crippen molar-refractivity contribution in [2.45, 2.75) is 13.8 Å². The summed E-state index contributed by atoms with van der Waals surface area (Å²) in [5, 5.41) is 0. The second-order valence-corrected chi connectivity index (χ2v) is 2.58. The van der Waals surface area contributed by atoms with Crippen LogP contribution in [0.2, 0.25) is 0 Å². The number of carbonyl (C=O) groups excluding carboxylic acids is 3. The summed E-state index contributed by atoms with van der Waals surface area (Å²) in [4.78, 5) is 31.8. The zero-order valence-corrected chi connectivity index (χ0v) is 5.88. The molecule has 1 aliphatic rings. The predicted molar refractivity (Wildman–Crippen MR) is 33.3 cm³/mol. The van der Waals surface area contributed by atoms with Gasteiger partial charge in [0.25, 0.3) is 0 Å². The number of rotatable bonds is 2. The standard InChI is InChI=1S/C7H8O3/c1-3(8)5-6(4(2)9)7(5)10/h5-6H,1-2H3. The molecule has 0 aromatic rings. The SMILES string of the molecule is CC(=O)C1C(=O)C1C(C)=O. The molecule has 2 unspecified atom stereocenters. The zero-order chi connectivity index (χ0) is 7.89. The summed E-state index contributed by atoms with van der Waals surface area (Å²) in [5.74, 6) is -1.79. The number of Topliss-reactive ketones (excluding diaryl/α,β-unsaturated/α-hetero) is 3. The summed E-state index contributed by atoms with van der Waals surface area (Å²) in [6.07, 6.45) is 0. The molecule has 3 heteroatoms. The summed E-state index contributed by atoms with van der Waals surface area (Å²) >= 11 is 0. The number of hydrogen-bond acceptors (Lipinski definition) is 3. The fraction of sp³-hybridized carbons (Fsp3) is 0.571. The van der Waals surface area contributed by atoms with Gasteiger partial charge in [-0.3, -0.25) is 14.4 Å². The Morgan fingerprint density at radius 3 is 1.50 bits per heavy atom. The van der Waals surface area contributed by atoms with Crippen molar-refractivity contribution < 1.29 is 14.4 Å². The van der Waals surface area contributed by atoms with Gasteiger partial charge in [0.15, 0.2) is 5.78 Å². The topological polar surface area (TPSA) is 51.2 Å². The quantitative estimate of drug-likeness (QED) is 0.506. The molecule has 0 bridgehead atoms. The Balaban J connectivity index is 2.66. The first-order valence-electron chi connectivity index (χ1n) is 3.10. The van der Waals surface area contributed by atoms with E-state index in [0.717, 1.165) is 0 Å². The van der Waals surface area contributed by atoms with Crippen molar-refractivity contribution in [1.29, 1.82) is 0 Å². The lowest BCUT2D eigenvalue weighted by Crippen LogP contribution is -2.01. The molecule has 0 radical (unpaired) electrons. The Kier molecular flexibility index (Phi) is 1.43. The fourth-order valence-corrected chi connectivity index (χ4v) is 1.11. The van der Waals surface area contributed by atoms with Gasteiger partial charge in [0.05, 0.1) is 11.8 Å². The summed E-state index contributed by atoms with van der Waals surface area (Å²) in [5.41, 5.74) is 0. The predicted octanol–water partition coefficient (Wildman–Crippen LogP) is -0.0205. The van der Waals surface area contributed by atoms with Crippen LogP contribution in [0.15, 0.2) is 0 Å². The average Bonchev–Trinajstić information content (AvgIpc) is 2.40. The normalized spacial score (nSPS) is 30.0. The third-order valence-electron chi connectivity index (χ3n) is 1.71. The monoisotopic (exact) mass is 140 g/mol. The highest BCUT2D eigenvalue weighted by Gasteiger charge is 2.55. The van der Waals surface area contributed by atoms with Crippen LogP contribution in [0.3, 0.4) is 0 Å². The smallest absolute Gasteiger partial charge is 0.156 e. The minimum atomic E-state index is -0.600. The molecule has 0 amide bonds. The summed E-state index contributed by atoms with van der Waals surface area (Å²) in [6.45, 7) is 2.68. The Morgan fingerprint density at radius 2 is 1.40 bits per heavy atom. The lowest BCUT2D eigenvalue weighted by molar-refractivity contribution is -0.122. The van der Waals surface area contributed by atoms with Crippen molar-refractivity contribution in [1.82, 2.24) is 0 Å². The largest absolute Gasteiger partial charge is 0.299 e. The molecule has 0 aromatic heterocycles. The number of hydrogen-bond donors (Lipinski definition) is 0. The molecule has 0 spiro atoms. The molecule has 0 aromatic carbocycles. The average molecular weight is 140 g/mol. The van der Waals surface area contributed by atoms with Crippen molar-refractivity contribution in [3.05, 3.63) is 0 Å². The van der Waals surface area contributed by atoms with E-state index in [9.17, 15) is 14.4 Å². The number of ketones is 3. The molecule has 0 aliphatic heterocycles. The molecule has 1 aliphatic carbocycles. The van der Waals surface area contributed by atoms with Crippen LogP contribution < -0.4 is 0 Å². The lowest BCUT2D eigenvalue weighted by atomic mass is 10.2. The third-order valence-corrected chi connectivity index (χ3v) is 1.71. The highest BCUT2D eigenvalue weighted by molar-refractivity contribution is 6.26. The molecule has 0 heterocycles. The first-order valence-corrected chi connectivity index (χ1v) is 3.10. The Hall–Kier alpha value is -0.990. The van der Waals surface area contributed by atoms with Gasteiger partial charge in [-0.05, 0) is 13.8 Å². The van der Waals surface area contributed by atoms with E-state index in [1.807, 2.05) is 0 Å². The van der Waals surface area contributed by atoms with E-state index in [4.69, 9.17) is 0 Å². The van der Waals surface area contributed by atoms with Crippen molar-refractivity contribution in [2.24, 2.45) is 11.8 Å². The van der Waals surface area contributed by atoms with Gasteiger partial charge in [-0.15, -0.1) is 0 Å². The Bertz CT molecular complexity index is 195. The molecule has 1 rings (SSSR count). The molecule has 3 nitrogen and oxygen atoms in total. The zero-order valence-electron chi connectivity index (χ0n) is 5.88. The maximum atomic E-state index is 10.7. The van der Waals surface area contributed by atoms with E-state index in [0.29, 0.717) is 0 Å². The number of carbonyl (C=O) groups is 3. The van der Waals surface area contributed by atoms with E-state index in [2.05, 4.69) is 0 Å². The van der Waals surface area contributed by atoms with E-state index in [1.54, 1.807) is 0 Å². The minimum Gasteiger partial charge on any atom is -0.299 e. The third kappa shape index (κ3) is 0.875. The van der Waals surface area contributed by atoms with Crippen molar-refractivity contribution in [3.63, 3.8) is 0 Å². The van der Waals surface area contributed by atoms with Gasteiger partial charge < -0.3 is 0 Å². The Morgan fingerprint density at radius 1 is 1.10 bits per heavy atom. The Labute approximate surface area is 58.4 Å².